The lowest BCUT2D eigenvalue weighted by Crippen LogP contribution is -2.23. The summed E-state index contributed by atoms with van der Waals surface area (Å²) in [4.78, 5) is 4.31. The number of dihydropyridines is 1. The summed E-state index contributed by atoms with van der Waals surface area (Å²) in [5.74, 6) is 0. The Morgan fingerprint density at radius 3 is 3.17 bits per heavy atom. The third-order valence-corrected chi connectivity index (χ3v) is 2.38. The molecule has 1 aliphatic carbocycles. The molecule has 1 heterocycles. The van der Waals surface area contributed by atoms with E-state index in [2.05, 4.69) is 18.0 Å². The number of nitrogens with two attached hydrogens (primary N) is 1. The van der Waals surface area contributed by atoms with Gasteiger partial charge >= 0.3 is 0 Å². The molecule has 0 bridgehead atoms. The van der Waals surface area contributed by atoms with E-state index in [0.29, 0.717) is 0 Å². The number of aliphatic imine (C=N–C) groups is 1. The Labute approximate surface area is 72.2 Å². The van der Waals surface area contributed by atoms with Crippen LogP contribution in [0.3, 0.4) is 0 Å². The molecule has 2 heteroatoms. The molecule has 0 amide bonds. The first-order valence-electron chi connectivity index (χ1n) is 4.09. The fraction of sp³-hybridized carbons (Fsp3) is 0.300. The van der Waals surface area contributed by atoms with Gasteiger partial charge in [-0.15, -0.1) is 0 Å². The maximum absolute atomic E-state index is 5.76. The first-order chi connectivity index (χ1) is 5.71. The van der Waals surface area contributed by atoms with Gasteiger partial charge in [0.15, 0.2) is 0 Å². The summed E-state index contributed by atoms with van der Waals surface area (Å²) in [7, 11) is 0. The molecule has 1 atom stereocenters. The van der Waals surface area contributed by atoms with E-state index in [1.165, 1.54) is 0 Å². The average molecular weight is 160 g/mol. The molecule has 0 aromatic rings. The second-order valence-electron chi connectivity index (χ2n) is 3.53. The van der Waals surface area contributed by atoms with E-state index in [9.17, 15) is 0 Å². The Bertz CT molecular complexity index is 321. The topological polar surface area (TPSA) is 38.4 Å². The normalized spacial score (nSPS) is 32.4. The minimum atomic E-state index is 0.0353. The molecule has 2 nitrogen and oxygen atoms in total. The summed E-state index contributed by atoms with van der Waals surface area (Å²) in [5, 5.41) is 0. The van der Waals surface area contributed by atoms with Crippen LogP contribution in [-0.4, -0.2) is 6.21 Å². The Morgan fingerprint density at radius 1 is 1.50 bits per heavy atom. The predicted octanol–water partition coefficient (Wildman–Crippen LogP) is 1.76. The van der Waals surface area contributed by atoms with Crippen molar-refractivity contribution < 1.29 is 0 Å². The van der Waals surface area contributed by atoms with Gasteiger partial charge in [-0.3, -0.25) is 4.99 Å². The van der Waals surface area contributed by atoms with Crippen LogP contribution in [0.5, 0.6) is 0 Å². The summed E-state index contributed by atoms with van der Waals surface area (Å²) < 4.78 is 0. The maximum atomic E-state index is 5.76. The van der Waals surface area contributed by atoms with Crippen molar-refractivity contribution in [2.75, 3.05) is 0 Å². The number of rotatable bonds is 0. The number of allylic oxidation sites excluding steroid dienone is 5. The molecular formula is C10H12N2. The molecule has 0 radical (unpaired) electrons. The Hall–Kier alpha value is -1.31. The minimum Gasteiger partial charge on any atom is -0.402 e. The molecule has 62 valence electrons. The van der Waals surface area contributed by atoms with Crippen LogP contribution in [-0.2, 0) is 0 Å². The van der Waals surface area contributed by atoms with Crippen molar-refractivity contribution in [3.63, 3.8) is 0 Å². The van der Waals surface area contributed by atoms with Crippen LogP contribution >= 0.6 is 0 Å². The molecule has 0 spiro atoms. The van der Waals surface area contributed by atoms with Gasteiger partial charge in [0.05, 0.1) is 5.70 Å². The van der Waals surface area contributed by atoms with Crippen molar-refractivity contribution >= 4 is 6.21 Å². The van der Waals surface area contributed by atoms with Crippen molar-refractivity contribution in [1.29, 1.82) is 0 Å². The minimum absolute atomic E-state index is 0.0353. The lowest BCUT2D eigenvalue weighted by atomic mass is 9.78. The molecule has 2 N–H and O–H groups in total. The van der Waals surface area contributed by atoms with Gasteiger partial charge in [-0.2, -0.15) is 0 Å². The van der Waals surface area contributed by atoms with Gasteiger partial charge in [0, 0.05) is 23.7 Å². The highest BCUT2D eigenvalue weighted by Crippen LogP contribution is 2.39. The first-order valence-corrected chi connectivity index (χ1v) is 4.09. The highest BCUT2D eigenvalue weighted by atomic mass is 14.8. The Kier molecular flexibility index (Phi) is 1.43. The van der Waals surface area contributed by atoms with Crippen LogP contribution < -0.4 is 5.73 Å². The number of fused-ring (bicyclic) bond motifs is 1. The lowest BCUT2D eigenvalue weighted by molar-refractivity contribution is 0.491. The molecular weight excluding hydrogens is 148 g/mol. The predicted molar refractivity (Wildman–Crippen MR) is 50.7 cm³/mol. The number of nitrogens with zero attached hydrogens (tertiary/aromatic N) is 1. The quantitative estimate of drug-likeness (QED) is 0.576. The molecule has 1 unspecified atom stereocenters. The van der Waals surface area contributed by atoms with E-state index < -0.39 is 0 Å². The van der Waals surface area contributed by atoms with Crippen LogP contribution in [0.2, 0.25) is 0 Å². The average Bonchev–Trinajstić information content (AvgIpc) is 2.02. The molecule has 0 aromatic carbocycles. The van der Waals surface area contributed by atoms with Crippen LogP contribution in [0.25, 0.3) is 0 Å². The molecule has 0 fully saturated rings. The highest BCUT2D eigenvalue weighted by molar-refractivity contribution is 5.75. The van der Waals surface area contributed by atoms with Crippen molar-refractivity contribution in [2.24, 2.45) is 16.1 Å². The molecule has 1 aliphatic heterocycles. The van der Waals surface area contributed by atoms with Crippen LogP contribution in [0.4, 0.5) is 0 Å². The second-order valence-corrected chi connectivity index (χ2v) is 3.53. The van der Waals surface area contributed by atoms with Gasteiger partial charge in [-0.1, -0.05) is 13.0 Å². The highest BCUT2D eigenvalue weighted by Gasteiger charge is 2.29. The van der Waals surface area contributed by atoms with E-state index in [0.717, 1.165) is 17.8 Å². The van der Waals surface area contributed by atoms with E-state index >= 15 is 0 Å². The van der Waals surface area contributed by atoms with Gasteiger partial charge in [-0.25, -0.2) is 0 Å². The van der Waals surface area contributed by atoms with Crippen molar-refractivity contribution in [1.82, 2.24) is 0 Å². The van der Waals surface area contributed by atoms with Crippen molar-refractivity contribution in [3.05, 3.63) is 35.7 Å². The van der Waals surface area contributed by atoms with E-state index in [4.69, 9.17) is 5.73 Å². The van der Waals surface area contributed by atoms with Gasteiger partial charge in [0.25, 0.3) is 0 Å². The Morgan fingerprint density at radius 2 is 2.33 bits per heavy atom. The van der Waals surface area contributed by atoms with Gasteiger partial charge in [-0.05, 0) is 18.2 Å². The molecule has 12 heavy (non-hydrogen) atoms. The summed E-state index contributed by atoms with van der Waals surface area (Å²) in [6.07, 6.45) is 10.8. The molecule has 0 aromatic heterocycles. The summed E-state index contributed by atoms with van der Waals surface area (Å²) in [6.45, 7) is 2.16. The third kappa shape index (κ3) is 0.998. The number of hydrogen-bond donors (Lipinski definition) is 1. The van der Waals surface area contributed by atoms with E-state index in [1.807, 2.05) is 24.4 Å². The fourth-order valence-electron chi connectivity index (χ4n) is 1.66. The van der Waals surface area contributed by atoms with Crippen LogP contribution in [0.1, 0.15) is 13.3 Å². The molecule has 2 aliphatic rings. The maximum Gasteiger partial charge on any atom is 0.0504 e. The molecule has 2 rings (SSSR count). The van der Waals surface area contributed by atoms with Crippen LogP contribution in [0, 0.1) is 5.41 Å². The lowest BCUT2D eigenvalue weighted by Gasteiger charge is -2.30. The second kappa shape index (κ2) is 2.34. The molecule has 0 saturated carbocycles. The van der Waals surface area contributed by atoms with E-state index in [1.54, 1.807) is 0 Å². The Balaban J connectivity index is 2.45. The summed E-state index contributed by atoms with van der Waals surface area (Å²) in [5.41, 5.74) is 7.84. The first kappa shape index (κ1) is 7.35. The third-order valence-electron chi connectivity index (χ3n) is 2.38. The van der Waals surface area contributed by atoms with Crippen LogP contribution in [0.15, 0.2) is 40.7 Å². The zero-order chi connectivity index (χ0) is 8.60. The van der Waals surface area contributed by atoms with Gasteiger partial charge < -0.3 is 5.73 Å². The summed E-state index contributed by atoms with van der Waals surface area (Å²) in [6, 6.07) is 0. The van der Waals surface area contributed by atoms with Crippen molar-refractivity contribution in [2.45, 2.75) is 13.3 Å². The molecule has 0 saturated heterocycles. The monoisotopic (exact) mass is 160 g/mol. The van der Waals surface area contributed by atoms with Gasteiger partial charge in [0.2, 0.25) is 0 Å². The standard InChI is InChI=1S/C10H12N2/c1-10-5-2-6-12-9(10)4-3-8(11)7-10/h2-6H,7,11H2,1H3. The van der Waals surface area contributed by atoms with E-state index in [-0.39, 0.29) is 5.41 Å². The largest absolute Gasteiger partial charge is 0.402 e. The zero-order valence-electron chi connectivity index (χ0n) is 7.12. The smallest absolute Gasteiger partial charge is 0.0504 e. The summed E-state index contributed by atoms with van der Waals surface area (Å²) >= 11 is 0. The zero-order valence-corrected chi connectivity index (χ0v) is 7.12. The van der Waals surface area contributed by atoms with Crippen molar-refractivity contribution in [3.8, 4) is 0 Å². The van der Waals surface area contributed by atoms with Gasteiger partial charge in [0.1, 0.15) is 0 Å². The SMILES string of the molecule is CC12C=CC=NC1=CC=C(N)C2. The number of hydrogen-bond acceptors (Lipinski definition) is 2. The fourth-order valence-corrected chi connectivity index (χ4v) is 1.66.